The number of hydrogen-bond donors (Lipinski definition) is 2. The smallest absolute Gasteiger partial charge is 0.414 e. The fourth-order valence-electron chi connectivity index (χ4n) is 1.97. The van der Waals surface area contributed by atoms with E-state index in [2.05, 4.69) is 4.90 Å². The molecule has 0 spiro atoms. The van der Waals surface area contributed by atoms with E-state index in [1.54, 1.807) is 17.5 Å². The first-order valence-electron chi connectivity index (χ1n) is 6.95. The lowest BCUT2D eigenvalue weighted by molar-refractivity contribution is -0.159. The van der Waals surface area contributed by atoms with Crippen LogP contribution in [0.4, 0.5) is 0 Å². The number of nitrogens with zero attached hydrogens (tertiary/aromatic N) is 2. The summed E-state index contributed by atoms with van der Waals surface area (Å²) in [6, 6.07) is 3.81. The fraction of sp³-hybridized carbons (Fsp3) is 0.538. The van der Waals surface area contributed by atoms with Crippen molar-refractivity contribution in [2.75, 3.05) is 31.9 Å². The Labute approximate surface area is 134 Å². The molecule has 9 nitrogen and oxygen atoms in total. The van der Waals surface area contributed by atoms with E-state index in [4.69, 9.17) is 24.2 Å². The summed E-state index contributed by atoms with van der Waals surface area (Å²) in [7, 11) is -3.02. The lowest BCUT2D eigenvalue weighted by atomic mass is 10.3. The number of piperazine rings is 1. The summed E-state index contributed by atoms with van der Waals surface area (Å²) in [6.07, 6.45) is 1.66. The van der Waals surface area contributed by atoms with E-state index in [0.717, 1.165) is 25.4 Å². The predicted octanol–water partition coefficient (Wildman–Crippen LogP) is -0.0975. The summed E-state index contributed by atoms with van der Waals surface area (Å²) in [5, 5.41) is 14.8. The maximum absolute atomic E-state index is 11.7. The van der Waals surface area contributed by atoms with Crippen molar-refractivity contribution in [3.8, 4) is 0 Å². The molecule has 130 valence electrons. The van der Waals surface area contributed by atoms with Crippen LogP contribution in [0.2, 0.25) is 0 Å². The third-order valence-corrected chi connectivity index (χ3v) is 5.11. The van der Waals surface area contributed by atoms with Crippen LogP contribution >= 0.6 is 0 Å². The molecule has 2 heterocycles. The van der Waals surface area contributed by atoms with Crippen molar-refractivity contribution in [3.05, 3.63) is 24.2 Å². The van der Waals surface area contributed by atoms with Crippen molar-refractivity contribution < 1.29 is 32.6 Å². The number of furan rings is 1. The number of carboxylic acids is 2. The van der Waals surface area contributed by atoms with Gasteiger partial charge in [-0.15, -0.1) is 0 Å². The summed E-state index contributed by atoms with van der Waals surface area (Å²) >= 11 is 0. The van der Waals surface area contributed by atoms with Crippen LogP contribution in [-0.4, -0.2) is 71.7 Å². The van der Waals surface area contributed by atoms with Crippen molar-refractivity contribution >= 4 is 22.0 Å². The molecule has 0 unspecified atom stereocenters. The molecule has 0 aliphatic carbocycles. The van der Waals surface area contributed by atoms with Crippen LogP contribution in [0.25, 0.3) is 0 Å². The molecule has 2 N–H and O–H groups in total. The van der Waals surface area contributed by atoms with E-state index in [-0.39, 0.29) is 5.75 Å². The van der Waals surface area contributed by atoms with Crippen LogP contribution in [0.5, 0.6) is 0 Å². The lowest BCUT2D eigenvalue weighted by Gasteiger charge is -2.33. The summed E-state index contributed by atoms with van der Waals surface area (Å²) in [4.78, 5) is 20.4. The first-order chi connectivity index (χ1) is 10.8. The van der Waals surface area contributed by atoms with Gasteiger partial charge in [-0.05, 0) is 19.1 Å². The van der Waals surface area contributed by atoms with Gasteiger partial charge in [0, 0.05) is 26.2 Å². The van der Waals surface area contributed by atoms with Crippen molar-refractivity contribution in [1.29, 1.82) is 0 Å². The van der Waals surface area contributed by atoms with Crippen LogP contribution in [-0.2, 0) is 26.2 Å². The molecule has 23 heavy (non-hydrogen) atoms. The molecule has 2 rings (SSSR count). The largest absolute Gasteiger partial charge is 0.473 e. The summed E-state index contributed by atoms with van der Waals surface area (Å²) in [6.45, 7) is 5.13. The van der Waals surface area contributed by atoms with Crippen molar-refractivity contribution in [3.63, 3.8) is 0 Å². The number of rotatable bonds is 4. The van der Waals surface area contributed by atoms with Crippen molar-refractivity contribution in [2.45, 2.75) is 13.5 Å². The Morgan fingerprint density at radius 3 is 2.13 bits per heavy atom. The van der Waals surface area contributed by atoms with Gasteiger partial charge in [0.15, 0.2) is 0 Å². The maximum atomic E-state index is 11.7. The molecule has 1 fully saturated rings. The minimum atomic E-state index is -3.02. The summed E-state index contributed by atoms with van der Waals surface area (Å²) in [5.74, 6) is -2.53. The average molecular weight is 348 g/mol. The van der Waals surface area contributed by atoms with Gasteiger partial charge in [-0.2, -0.15) is 4.31 Å². The van der Waals surface area contributed by atoms with Gasteiger partial charge < -0.3 is 14.6 Å². The fourth-order valence-corrected chi connectivity index (χ4v) is 3.06. The number of sulfonamides is 1. The van der Waals surface area contributed by atoms with Gasteiger partial charge in [-0.1, -0.05) is 0 Å². The first kappa shape index (κ1) is 19.1. The third kappa shape index (κ3) is 6.38. The second-order valence-corrected chi connectivity index (χ2v) is 7.02. The van der Waals surface area contributed by atoms with E-state index >= 15 is 0 Å². The number of aliphatic carboxylic acids is 2. The zero-order valence-electron chi connectivity index (χ0n) is 12.7. The van der Waals surface area contributed by atoms with E-state index in [1.807, 2.05) is 12.1 Å². The number of carboxylic acid groups (broad SMARTS) is 2. The molecular formula is C13H20N2O7S. The molecular weight excluding hydrogens is 328 g/mol. The summed E-state index contributed by atoms with van der Waals surface area (Å²) in [5.41, 5.74) is 0. The van der Waals surface area contributed by atoms with Gasteiger partial charge in [0.2, 0.25) is 10.0 Å². The molecule has 1 saturated heterocycles. The van der Waals surface area contributed by atoms with E-state index in [0.29, 0.717) is 13.1 Å². The van der Waals surface area contributed by atoms with Crippen LogP contribution in [0.15, 0.2) is 22.8 Å². The Hall–Kier alpha value is -1.91. The predicted molar refractivity (Wildman–Crippen MR) is 80.3 cm³/mol. The molecule has 0 amide bonds. The van der Waals surface area contributed by atoms with Gasteiger partial charge in [0.05, 0.1) is 18.6 Å². The highest BCUT2D eigenvalue weighted by Crippen LogP contribution is 2.11. The van der Waals surface area contributed by atoms with E-state index in [9.17, 15) is 8.42 Å². The topological polar surface area (TPSA) is 128 Å². The van der Waals surface area contributed by atoms with Gasteiger partial charge in [-0.3, -0.25) is 4.90 Å². The van der Waals surface area contributed by atoms with Gasteiger partial charge in [0.25, 0.3) is 0 Å². The molecule has 1 aliphatic heterocycles. The zero-order chi connectivity index (χ0) is 17.5. The SMILES string of the molecule is CCS(=O)(=O)N1CCN(Cc2ccco2)CC1.O=C(O)C(=O)O. The van der Waals surface area contributed by atoms with Gasteiger partial charge >= 0.3 is 11.9 Å². The highest BCUT2D eigenvalue weighted by molar-refractivity contribution is 7.89. The van der Waals surface area contributed by atoms with E-state index < -0.39 is 22.0 Å². The first-order valence-corrected chi connectivity index (χ1v) is 8.56. The maximum Gasteiger partial charge on any atom is 0.414 e. The van der Waals surface area contributed by atoms with Gasteiger partial charge in [0.1, 0.15) is 5.76 Å². The Kier molecular flexibility index (Phi) is 7.20. The minimum Gasteiger partial charge on any atom is -0.473 e. The molecule has 0 atom stereocenters. The molecule has 0 radical (unpaired) electrons. The van der Waals surface area contributed by atoms with Crippen LogP contribution in [0, 0.1) is 0 Å². The Bertz CT molecular complexity index is 592. The average Bonchev–Trinajstić information content (AvgIpc) is 3.01. The highest BCUT2D eigenvalue weighted by Gasteiger charge is 2.25. The van der Waals surface area contributed by atoms with Crippen LogP contribution in [0.3, 0.4) is 0 Å². The molecule has 1 aromatic heterocycles. The summed E-state index contributed by atoms with van der Waals surface area (Å²) < 4.78 is 30.2. The molecule has 0 aromatic carbocycles. The minimum absolute atomic E-state index is 0.186. The molecule has 0 saturated carbocycles. The normalized spacial score (nSPS) is 16.4. The number of carbonyl (C=O) groups is 2. The van der Waals surface area contributed by atoms with E-state index in [1.165, 1.54) is 0 Å². The Morgan fingerprint density at radius 2 is 1.74 bits per heavy atom. The molecule has 1 aliphatic rings. The monoisotopic (exact) mass is 348 g/mol. The second kappa shape index (κ2) is 8.65. The zero-order valence-corrected chi connectivity index (χ0v) is 13.5. The van der Waals surface area contributed by atoms with Gasteiger partial charge in [-0.25, -0.2) is 18.0 Å². The Morgan fingerprint density at radius 1 is 1.17 bits per heavy atom. The molecule has 0 bridgehead atoms. The molecule has 1 aromatic rings. The Balaban J connectivity index is 0.000000379. The van der Waals surface area contributed by atoms with Crippen molar-refractivity contribution in [2.24, 2.45) is 0 Å². The van der Waals surface area contributed by atoms with Crippen LogP contribution < -0.4 is 0 Å². The van der Waals surface area contributed by atoms with Crippen molar-refractivity contribution in [1.82, 2.24) is 9.21 Å². The highest BCUT2D eigenvalue weighted by atomic mass is 32.2. The quantitative estimate of drug-likeness (QED) is 0.722. The molecule has 10 heteroatoms. The number of hydrogen-bond acceptors (Lipinski definition) is 6. The lowest BCUT2D eigenvalue weighted by Crippen LogP contribution is -2.48. The second-order valence-electron chi connectivity index (χ2n) is 4.77. The third-order valence-electron chi connectivity index (χ3n) is 3.23. The van der Waals surface area contributed by atoms with Crippen LogP contribution in [0.1, 0.15) is 12.7 Å². The standard InChI is InChI=1S/C11H18N2O3S.C2H2O4/c1-2-17(14,15)13-7-5-12(6-8-13)10-11-4-3-9-16-11;3-1(4)2(5)6/h3-4,9H,2,5-8,10H2,1H3;(H,3,4)(H,5,6).